The number of hydrogen-bond donors (Lipinski definition) is 0. The first-order chi connectivity index (χ1) is 26.9. The molecule has 16 heteroatoms. The molecule has 1 saturated heterocycles. The summed E-state index contributed by atoms with van der Waals surface area (Å²) < 4.78 is 22.6. The molecule has 7 atom stereocenters. The number of likely N-dealkylation sites (N-methyl/N-ethyl adjacent to an activating group) is 4. The van der Waals surface area contributed by atoms with Crippen LogP contribution in [-0.2, 0) is 63.7 Å². The Morgan fingerprint density at radius 3 is 1.45 bits per heavy atom. The lowest BCUT2D eigenvalue weighted by Gasteiger charge is -2.35. The quantitative estimate of drug-likeness (QED) is 0.290. The lowest BCUT2D eigenvalue weighted by atomic mass is 10.00. The number of carbonyl (C=O) groups is 8. The summed E-state index contributed by atoms with van der Waals surface area (Å²) >= 11 is 0. The van der Waals surface area contributed by atoms with Crippen molar-refractivity contribution < 1.29 is 57.3 Å². The Balaban J connectivity index is 2.72. The van der Waals surface area contributed by atoms with Gasteiger partial charge >= 0.3 is 23.9 Å². The highest BCUT2D eigenvalue weighted by Gasteiger charge is 2.42. The minimum atomic E-state index is -1.46. The SMILES string of the molecule is CC(C)C[C@H]1C(=O)O[C@H](C)C(=O)N(C)C(C(C)C)C(=O)OCC(=O)N(C)C(C(C)C)C(=O)O[C@H](C)C(=O)N(C)C(C(C)C)C(=O)O[C@H](Cc2ccccc2)C(=O)N1C. The zero-order chi connectivity index (χ0) is 44.3. The molecule has 2 rings (SSSR count). The lowest BCUT2D eigenvalue weighted by Crippen LogP contribution is -2.55. The average molecular weight is 817 g/mol. The van der Waals surface area contributed by atoms with E-state index in [1.165, 1.54) is 42.0 Å². The van der Waals surface area contributed by atoms with Crippen molar-refractivity contribution in [3.8, 4) is 0 Å². The van der Waals surface area contributed by atoms with E-state index in [4.69, 9.17) is 18.9 Å². The molecule has 324 valence electrons. The van der Waals surface area contributed by atoms with Crippen LogP contribution < -0.4 is 0 Å². The van der Waals surface area contributed by atoms with Crippen LogP contribution in [0, 0.1) is 23.7 Å². The van der Waals surface area contributed by atoms with Crippen molar-refractivity contribution in [3.05, 3.63) is 35.9 Å². The zero-order valence-corrected chi connectivity index (χ0v) is 36.5. The summed E-state index contributed by atoms with van der Waals surface area (Å²) in [6.07, 6.45) is -4.26. The van der Waals surface area contributed by atoms with Crippen molar-refractivity contribution in [2.45, 2.75) is 125 Å². The van der Waals surface area contributed by atoms with E-state index in [0.29, 0.717) is 5.56 Å². The van der Waals surface area contributed by atoms with E-state index in [0.717, 1.165) is 19.6 Å². The molecule has 1 aliphatic rings. The van der Waals surface area contributed by atoms with Gasteiger partial charge in [-0.2, -0.15) is 0 Å². The molecule has 1 aromatic carbocycles. The van der Waals surface area contributed by atoms with Gasteiger partial charge in [0.1, 0.15) is 24.2 Å². The van der Waals surface area contributed by atoms with Gasteiger partial charge in [-0.15, -0.1) is 0 Å². The zero-order valence-electron chi connectivity index (χ0n) is 36.5. The summed E-state index contributed by atoms with van der Waals surface area (Å²) in [6.45, 7) is 15.6. The van der Waals surface area contributed by atoms with E-state index >= 15 is 0 Å². The summed E-state index contributed by atoms with van der Waals surface area (Å²) in [5.41, 5.74) is 0.646. The Hall–Kier alpha value is -5.02. The smallest absolute Gasteiger partial charge is 0.329 e. The van der Waals surface area contributed by atoms with Crippen LogP contribution in [0.2, 0.25) is 0 Å². The van der Waals surface area contributed by atoms with Crippen LogP contribution in [0.1, 0.15) is 81.2 Å². The molecule has 0 N–H and O–H groups in total. The summed E-state index contributed by atoms with van der Waals surface area (Å²) in [5.74, 6) is -8.31. The highest BCUT2D eigenvalue weighted by molar-refractivity contribution is 5.94. The average Bonchev–Trinajstić information content (AvgIpc) is 3.13. The number of carbonyl (C=O) groups excluding carboxylic acids is 8. The molecule has 0 aliphatic carbocycles. The van der Waals surface area contributed by atoms with Crippen molar-refractivity contribution in [2.24, 2.45) is 23.7 Å². The van der Waals surface area contributed by atoms with Gasteiger partial charge in [0.25, 0.3) is 23.6 Å². The Bertz CT molecular complexity index is 1630. The number of esters is 4. The van der Waals surface area contributed by atoms with Crippen LogP contribution in [0.3, 0.4) is 0 Å². The molecule has 0 bridgehead atoms. The fraction of sp³-hybridized carbons (Fsp3) is 0.667. The lowest BCUT2D eigenvalue weighted by molar-refractivity contribution is -0.175. The van der Waals surface area contributed by atoms with Gasteiger partial charge in [-0.05, 0) is 49.5 Å². The van der Waals surface area contributed by atoms with Gasteiger partial charge in [-0.1, -0.05) is 85.7 Å². The number of cyclic esters (lactones) is 4. The number of ether oxygens (including phenoxy) is 4. The highest BCUT2D eigenvalue weighted by atomic mass is 16.6. The minimum absolute atomic E-state index is 0.0785. The maximum atomic E-state index is 14.4. The van der Waals surface area contributed by atoms with Gasteiger partial charge in [0.15, 0.2) is 24.9 Å². The van der Waals surface area contributed by atoms with Gasteiger partial charge in [0.05, 0.1) is 0 Å². The molecule has 1 heterocycles. The second-order valence-electron chi connectivity index (χ2n) is 16.4. The number of hydrogen-bond acceptors (Lipinski definition) is 12. The predicted molar refractivity (Wildman–Crippen MR) is 212 cm³/mol. The van der Waals surface area contributed by atoms with Gasteiger partial charge in [0.2, 0.25) is 0 Å². The number of amides is 4. The van der Waals surface area contributed by atoms with E-state index in [1.807, 2.05) is 13.8 Å². The number of rotatable bonds is 7. The van der Waals surface area contributed by atoms with Crippen LogP contribution >= 0.6 is 0 Å². The van der Waals surface area contributed by atoms with Crippen molar-refractivity contribution in [3.63, 3.8) is 0 Å². The van der Waals surface area contributed by atoms with Crippen molar-refractivity contribution in [1.82, 2.24) is 19.6 Å². The van der Waals surface area contributed by atoms with Crippen molar-refractivity contribution in [1.29, 1.82) is 0 Å². The second-order valence-corrected chi connectivity index (χ2v) is 16.4. The molecule has 1 aliphatic heterocycles. The van der Waals surface area contributed by atoms with Crippen LogP contribution in [0.5, 0.6) is 0 Å². The third-order valence-corrected chi connectivity index (χ3v) is 10.2. The van der Waals surface area contributed by atoms with Crippen LogP contribution in [0.15, 0.2) is 30.3 Å². The molecular weight excluding hydrogens is 752 g/mol. The Morgan fingerprint density at radius 2 is 0.983 bits per heavy atom. The van der Waals surface area contributed by atoms with Gasteiger partial charge in [-0.3, -0.25) is 19.2 Å². The number of benzene rings is 1. The Kier molecular flexibility index (Phi) is 18.3. The van der Waals surface area contributed by atoms with Gasteiger partial charge in [0, 0.05) is 34.6 Å². The van der Waals surface area contributed by atoms with Gasteiger partial charge in [-0.25, -0.2) is 19.2 Å². The monoisotopic (exact) mass is 816 g/mol. The maximum absolute atomic E-state index is 14.4. The Labute approximate surface area is 342 Å². The first-order valence-corrected chi connectivity index (χ1v) is 19.8. The molecule has 1 fully saturated rings. The minimum Gasteiger partial charge on any atom is -0.454 e. The molecule has 1 aromatic rings. The van der Waals surface area contributed by atoms with E-state index < -0.39 is 114 Å². The molecule has 0 radical (unpaired) electrons. The standard InChI is InChI=1S/C42H64N4O12/c1-23(2)20-30-39(51)56-27(9)36(48)45(13)33(24(3)4)40(52)55-22-32(47)44(12)34(25(5)6)41(53)57-28(10)37(49)46(14)35(26(7)8)42(54)58-31(38(50)43(30)11)21-29-18-16-15-17-19-29/h15-19,23-28,30-31,33-35H,20-22H2,1-14H3/t27-,28-,30+,31-,33?,34?,35?/m1/s1. The first kappa shape index (κ1) is 49.1. The molecule has 0 spiro atoms. The summed E-state index contributed by atoms with van der Waals surface area (Å²) in [6, 6.07) is 3.92. The van der Waals surface area contributed by atoms with Crippen molar-refractivity contribution in [2.75, 3.05) is 34.8 Å². The summed E-state index contributed by atoms with van der Waals surface area (Å²) in [7, 11) is 5.41. The van der Waals surface area contributed by atoms with Gasteiger partial charge < -0.3 is 38.5 Å². The normalized spacial score (nSPS) is 26.3. The first-order valence-electron chi connectivity index (χ1n) is 19.8. The van der Waals surface area contributed by atoms with Crippen LogP contribution in [-0.4, -0.2) is 144 Å². The van der Waals surface area contributed by atoms with E-state index in [-0.39, 0.29) is 18.8 Å². The molecule has 4 amide bonds. The molecular formula is C42H64N4O12. The second kappa shape index (κ2) is 21.7. The van der Waals surface area contributed by atoms with Crippen LogP contribution in [0.25, 0.3) is 0 Å². The topological polar surface area (TPSA) is 186 Å². The van der Waals surface area contributed by atoms with E-state index in [1.54, 1.807) is 71.9 Å². The molecule has 16 nitrogen and oxygen atoms in total. The fourth-order valence-corrected chi connectivity index (χ4v) is 7.01. The van der Waals surface area contributed by atoms with Crippen LogP contribution in [0.4, 0.5) is 0 Å². The molecule has 3 unspecified atom stereocenters. The molecule has 58 heavy (non-hydrogen) atoms. The van der Waals surface area contributed by atoms with E-state index in [9.17, 15) is 38.4 Å². The largest absolute Gasteiger partial charge is 0.454 e. The summed E-state index contributed by atoms with van der Waals surface area (Å²) in [5, 5.41) is 0. The fourth-order valence-electron chi connectivity index (χ4n) is 7.01. The third kappa shape index (κ3) is 12.7. The molecule has 0 aromatic heterocycles. The Morgan fingerprint density at radius 1 is 0.552 bits per heavy atom. The molecule has 0 saturated carbocycles. The maximum Gasteiger partial charge on any atom is 0.329 e. The van der Waals surface area contributed by atoms with Crippen molar-refractivity contribution >= 4 is 47.5 Å². The third-order valence-electron chi connectivity index (χ3n) is 10.2. The van der Waals surface area contributed by atoms with E-state index in [2.05, 4.69) is 0 Å². The highest BCUT2D eigenvalue weighted by Crippen LogP contribution is 2.22. The predicted octanol–water partition coefficient (Wildman–Crippen LogP) is 2.88. The number of nitrogens with zero attached hydrogens (tertiary/aromatic N) is 4. The summed E-state index contributed by atoms with van der Waals surface area (Å²) in [4.78, 5) is 115.